The van der Waals surface area contributed by atoms with E-state index in [1.165, 1.54) is 0 Å². The molecule has 0 unspecified atom stereocenters. The van der Waals surface area contributed by atoms with Crippen molar-refractivity contribution in [1.29, 1.82) is 0 Å². The highest BCUT2D eigenvalue weighted by Crippen LogP contribution is 2.33. The average molecular weight is 350 g/mol. The maximum Gasteiger partial charge on any atom is 0.226 e. The maximum atomic E-state index is 5.50. The van der Waals surface area contributed by atoms with Crippen molar-refractivity contribution in [2.75, 3.05) is 38.3 Å². The molecule has 0 bridgehead atoms. The number of anilines is 1. The van der Waals surface area contributed by atoms with Crippen LogP contribution in [0.3, 0.4) is 0 Å². The third kappa shape index (κ3) is 3.08. The number of rotatable bonds is 3. The number of fused-ring (bicyclic) bond motifs is 1. The number of pyridine rings is 1. The van der Waals surface area contributed by atoms with E-state index < -0.39 is 0 Å². The normalized spacial score (nSPS) is 14.7. The SMILES string of the molecule is COc1ccc(-c2cc(C)nc(N3CCOCC3)n2)c2ccc(C)nc12. The molecule has 6 nitrogen and oxygen atoms in total. The Morgan fingerprint density at radius 1 is 0.962 bits per heavy atom. The number of methoxy groups -OCH3 is 1. The number of aryl methyl sites for hydroxylation is 2. The first-order chi connectivity index (χ1) is 12.7. The van der Waals surface area contributed by atoms with E-state index in [2.05, 4.69) is 20.9 Å². The molecule has 0 spiro atoms. The van der Waals surface area contributed by atoms with Gasteiger partial charge in [0.2, 0.25) is 5.95 Å². The number of benzene rings is 1. The lowest BCUT2D eigenvalue weighted by Gasteiger charge is -2.27. The van der Waals surface area contributed by atoms with Crippen molar-refractivity contribution in [3.63, 3.8) is 0 Å². The highest BCUT2D eigenvalue weighted by molar-refractivity contribution is 5.97. The van der Waals surface area contributed by atoms with Crippen molar-refractivity contribution in [3.8, 4) is 17.0 Å². The van der Waals surface area contributed by atoms with Gasteiger partial charge in [-0.2, -0.15) is 0 Å². The molecule has 0 radical (unpaired) electrons. The summed E-state index contributed by atoms with van der Waals surface area (Å²) in [7, 11) is 1.67. The molecule has 4 rings (SSSR count). The van der Waals surface area contributed by atoms with Crippen LogP contribution in [0.15, 0.2) is 30.3 Å². The van der Waals surface area contributed by atoms with Gasteiger partial charge in [-0.05, 0) is 38.1 Å². The minimum absolute atomic E-state index is 0.710. The largest absolute Gasteiger partial charge is 0.494 e. The van der Waals surface area contributed by atoms with E-state index in [-0.39, 0.29) is 0 Å². The molecule has 134 valence electrons. The van der Waals surface area contributed by atoms with Gasteiger partial charge in [-0.3, -0.25) is 0 Å². The van der Waals surface area contributed by atoms with Crippen LogP contribution in [0.1, 0.15) is 11.4 Å². The first-order valence-corrected chi connectivity index (χ1v) is 8.79. The number of ether oxygens (including phenoxy) is 2. The van der Waals surface area contributed by atoms with E-state index in [0.717, 1.165) is 58.3 Å². The molecule has 1 aromatic carbocycles. The number of morpholine rings is 1. The monoisotopic (exact) mass is 350 g/mol. The van der Waals surface area contributed by atoms with Crippen molar-refractivity contribution in [2.24, 2.45) is 0 Å². The van der Waals surface area contributed by atoms with Crippen LogP contribution in [0, 0.1) is 13.8 Å². The molecule has 2 aromatic heterocycles. The molecule has 1 aliphatic rings. The van der Waals surface area contributed by atoms with E-state index in [1.54, 1.807) is 7.11 Å². The van der Waals surface area contributed by atoms with E-state index in [4.69, 9.17) is 14.5 Å². The molecular formula is C20H22N4O2. The van der Waals surface area contributed by atoms with E-state index >= 15 is 0 Å². The number of aromatic nitrogens is 3. The van der Waals surface area contributed by atoms with Crippen LogP contribution in [-0.4, -0.2) is 48.4 Å². The summed E-state index contributed by atoms with van der Waals surface area (Å²) in [5.74, 6) is 1.53. The minimum Gasteiger partial charge on any atom is -0.494 e. The first kappa shape index (κ1) is 16.7. The average Bonchev–Trinajstić information content (AvgIpc) is 2.67. The van der Waals surface area contributed by atoms with Gasteiger partial charge in [0.25, 0.3) is 0 Å². The fraction of sp³-hybridized carbons (Fsp3) is 0.350. The first-order valence-electron chi connectivity index (χ1n) is 8.79. The molecule has 0 amide bonds. The zero-order chi connectivity index (χ0) is 18.1. The van der Waals surface area contributed by atoms with Crippen LogP contribution in [0.2, 0.25) is 0 Å². The van der Waals surface area contributed by atoms with Gasteiger partial charge in [-0.25, -0.2) is 15.0 Å². The zero-order valence-corrected chi connectivity index (χ0v) is 15.3. The van der Waals surface area contributed by atoms with E-state index in [1.807, 2.05) is 38.1 Å². The van der Waals surface area contributed by atoms with Crippen molar-refractivity contribution in [1.82, 2.24) is 15.0 Å². The second-order valence-corrected chi connectivity index (χ2v) is 6.46. The fourth-order valence-electron chi connectivity index (χ4n) is 3.27. The van der Waals surface area contributed by atoms with Gasteiger partial charge in [-0.15, -0.1) is 0 Å². The van der Waals surface area contributed by atoms with Crippen molar-refractivity contribution < 1.29 is 9.47 Å². The molecule has 3 heterocycles. The van der Waals surface area contributed by atoms with Gasteiger partial charge in [0.05, 0.1) is 26.0 Å². The van der Waals surface area contributed by atoms with Gasteiger partial charge in [0.15, 0.2) is 0 Å². The third-order valence-corrected chi connectivity index (χ3v) is 4.59. The van der Waals surface area contributed by atoms with Crippen LogP contribution in [0.25, 0.3) is 22.2 Å². The molecule has 6 heteroatoms. The Labute approximate surface area is 152 Å². The Balaban J connectivity index is 1.86. The van der Waals surface area contributed by atoms with Crippen LogP contribution >= 0.6 is 0 Å². The quantitative estimate of drug-likeness (QED) is 0.723. The Kier molecular flexibility index (Phi) is 4.42. The molecule has 0 atom stereocenters. The summed E-state index contributed by atoms with van der Waals surface area (Å²) in [5.41, 5.74) is 4.70. The Morgan fingerprint density at radius 2 is 1.77 bits per heavy atom. The van der Waals surface area contributed by atoms with Crippen molar-refractivity contribution in [2.45, 2.75) is 13.8 Å². The Bertz CT molecular complexity index is 952. The summed E-state index contributed by atoms with van der Waals surface area (Å²) in [5, 5.41) is 1.03. The summed E-state index contributed by atoms with van der Waals surface area (Å²) in [6.45, 7) is 7.03. The summed E-state index contributed by atoms with van der Waals surface area (Å²) in [6.07, 6.45) is 0. The van der Waals surface area contributed by atoms with E-state index in [0.29, 0.717) is 13.2 Å². The summed E-state index contributed by atoms with van der Waals surface area (Å²) < 4.78 is 10.9. The predicted molar refractivity (Wildman–Crippen MR) is 102 cm³/mol. The van der Waals surface area contributed by atoms with Gasteiger partial charge in [0, 0.05) is 35.4 Å². The van der Waals surface area contributed by atoms with Gasteiger partial charge < -0.3 is 14.4 Å². The summed E-state index contributed by atoms with van der Waals surface area (Å²) in [6, 6.07) is 10.1. The van der Waals surface area contributed by atoms with Crippen LogP contribution < -0.4 is 9.64 Å². The molecule has 3 aromatic rings. The van der Waals surface area contributed by atoms with Crippen LogP contribution in [0.5, 0.6) is 5.75 Å². The molecule has 1 aliphatic heterocycles. The van der Waals surface area contributed by atoms with E-state index in [9.17, 15) is 0 Å². The summed E-state index contributed by atoms with van der Waals surface area (Å²) in [4.78, 5) is 16.3. The van der Waals surface area contributed by atoms with Gasteiger partial charge in [-0.1, -0.05) is 6.07 Å². The van der Waals surface area contributed by atoms with Crippen LogP contribution in [0.4, 0.5) is 5.95 Å². The fourth-order valence-corrected chi connectivity index (χ4v) is 3.27. The van der Waals surface area contributed by atoms with Crippen LogP contribution in [-0.2, 0) is 4.74 Å². The number of hydrogen-bond acceptors (Lipinski definition) is 6. The molecular weight excluding hydrogens is 328 g/mol. The summed E-state index contributed by atoms with van der Waals surface area (Å²) >= 11 is 0. The molecule has 0 aliphatic carbocycles. The zero-order valence-electron chi connectivity index (χ0n) is 15.3. The smallest absolute Gasteiger partial charge is 0.226 e. The number of nitrogens with zero attached hydrogens (tertiary/aromatic N) is 4. The molecule has 0 saturated carbocycles. The maximum absolute atomic E-state index is 5.50. The number of hydrogen-bond donors (Lipinski definition) is 0. The van der Waals surface area contributed by atoms with Crippen molar-refractivity contribution in [3.05, 3.63) is 41.7 Å². The standard InChI is InChI=1S/C20H22N4O2/c1-13-4-5-16-15(6-7-18(25-3)19(16)21-13)17-12-14(2)22-20(23-17)24-8-10-26-11-9-24/h4-7,12H,8-11H2,1-3H3. The van der Waals surface area contributed by atoms with Crippen molar-refractivity contribution >= 4 is 16.9 Å². The molecule has 1 saturated heterocycles. The highest BCUT2D eigenvalue weighted by Gasteiger charge is 2.17. The molecule has 1 fully saturated rings. The Hall–Kier alpha value is -2.73. The second-order valence-electron chi connectivity index (χ2n) is 6.46. The predicted octanol–water partition coefficient (Wildman–Crippen LogP) is 3.15. The minimum atomic E-state index is 0.710. The lowest BCUT2D eigenvalue weighted by molar-refractivity contribution is 0.122. The molecule has 0 N–H and O–H groups in total. The molecule has 26 heavy (non-hydrogen) atoms. The lowest BCUT2D eigenvalue weighted by atomic mass is 10.0. The van der Waals surface area contributed by atoms with Gasteiger partial charge in [0.1, 0.15) is 11.3 Å². The second kappa shape index (κ2) is 6.88. The topological polar surface area (TPSA) is 60.4 Å². The third-order valence-electron chi connectivity index (χ3n) is 4.59. The highest BCUT2D eigenvalue weighted by atomic mass is 16.5. The Morgan fingerprint density at radius 3 is 2.54 bits per heavy atom. The van der Waals surface area contributed by atoms with Gasteiger partial charge >= 0.3 is 0 Å². The lowest BCUT2D eigenvalue weighted by Crippen LogP contribution is -2.37.